The van der Waals surface area contributed by atoms with Gasteiger partial charge in [0.25, 0.3) is 0 Å². The van der Waals surface area contributed by atoms with Gasteiger partial charge in [-0.3, -0.25) is 0 Å². The Labute approximate surface area is 224 Å². The van der Waals surface area contributed by atoms with Crippen molar-refractivity contribution in [3.05, 3.63) is 83.2 Å². The van der Waals surface area contributed by atoms with Crippen LogP contribution in [0.1, 0.15) is 65.0 Å². The topological polar surface area (TPSA) is 52.6 Å². The summed E-state index contributed by atoms with van der Waals surface area (Å²) in [6, 6.07) is 17.7. The Morgan fingerprint density at radius 3 is 1.86 bits per heavy atom. The second-order valence-corrected chi connectivity index (χ2v) is 16.6. The van der Waals surface area contributed by atoms with Crippen LogP contribution in [-0.2, 0) is 4.79 Å². The van der Waals surface area contributed by atoms with Crippen molar-refractivity contribution in [3.8, 4) is 0 Å². The molecule has 0 radical (unpaired) electrons. The number of piperidine rings is 1. The van der Waals surface area contributed by atoms with E-state index in [1.165, 1.54) is 32.1 Å². The fraction of sp³-hybridized carbons (Fsp3) is 0.469. The van der Waals surface area contributed by atoms with Gasteiger partial charge in [0.1, 0.15) is 0 Å². The van der Waals surface area contributed by atoms with Crippen LogP contribution in [-0.4, -0.2) is 39.5 Å². The number of nitrogens with one attached hydrogen (secondary N) is 1. The standard InChI is InChI=1S/C32H45N2O2P/c1-23-8-14-27(15-9-23)37(28-16-10-24(2)11-17-28,29-18-12-25(3)13-19-29)22-30(35)33-26-20-31(4,5)34(36)32(6,7)21-26/h8-12,14-19,25-26,36-37H,13,20-22H2,1-7H3,(H,33,35). The molecule has 2 N–H and O–H groups in total. The summed E-state index contributed by atoms with van der Waals surface area (Å²) in [5.41, 5.74) is 1.63. The van der Waals surface area contributed by atoms with Crippen molar-refractivity contribution in [2.75, 3.05) is 6.16 Å². The van der Waals surface area contributed by atoms with E-state index >= 15 is 0 Å². The van der Waals surface area contributed by atoms with E-state index in [9.17, 15) is 10.0 Å². The molecule has 4 rings (SSSR count). The van der Waals surface area contributed by atoms with Gasteiger partial charge in [-0.05, 0) is 0 Å². The Morgan fingerprint density at radius 1 is 0.946 bits per heavy atom. The van der Waals surface area contributed by atoms with E-state index in [0.717, 1.165) is 6.42 Å². The number of amides is 1. The number of aryl methyl sites for hydroxylation is 2. The second kappa shape index (κ2) is 10.5. The normalized spacial score (nSPS) is 22.4. The van der Waals surface area contributed by atoms with E-state index < -0.39 is 18.3 Å². The van der Waals surface area contributed by atoms with Gasteiger partial charge >= 0.3 is 224 Å². The average molecular weight is 521 g/mol. The van der Waals surface area contributed by atoms with Gasteiger partial charge in [-0.25, -0.2) is 0 Å². The van der Waals surface area contributed by atoms with Gasteiger partial charge in [-0.15, -0.1) is 0 Å². The molecule has 1 aliphatic carbocycles. The van der Waals surface area contributed by atoms with Crippen LogP contribution in [0, 0.1) is 19.8 Å². The van der Waals surface area contributed by atoms with E-state index in [1.807, 2.05) is 27.7 Å². The summed E-state index contributed by atoms with van der Waals surface area (Å²) in [7, 11) is -2.65. The first-order valence-electron chi connectivity index (χ1n) is 13.7. The van der Waals surface area contributed by atoms with Crippen molar-refractivity contribution in [1.82, 2.24) is 10.4 Å². The van der Waals surface area contributed by atoms with Gasteiger partial charge in [0, 0.05) is 0 Å². The number of allylic oxidation sites excluding steroid dienone is 4. The molecule has 0 spiro atoms. The molecule has 1 fully saturated rings. The molecule has 1 amide bonds. The van der Waals surface area contributed by atoms with Crippen LogP contribution in [0.4, 0.5) is 0 Å². The van der Waals surface area contributed by atoms with Crippen molar-refractivity contribution in [2.24, 2.45) is 5.92 Å². The van der Waals surface area contributed by atoms with Crippen molar-refractivity contribution in [1.29, 1.82) is 0 Å². The molecule has 0 saturated carbocycles. The summed E-state index contributed by atoms with van der Waals surface area (Å²) in [4.78, 5) is 14.0. The van der Waals surface area contributed by atoms with Crippen LogP contribution >= 0.6 is 7.26 Å². The van der Waals surface area contributed by atoms with Gasteiger partial charge in [-0.1, -0.05) is 0 Å². The molecule has 1 unspecified atom stereocenters. The van der Waals surface area contributed by atoms with Crippen molar-refractivity contribution in [3.63, 3.8) is 0 Å². The predicted molar refractivity (Wildman–Crippen MR) is 159 cm³/mol. The molecule has 1 saturated heterocycles. The molecule has 2 aliphatic rings. The molecule has 4 nitrogen and oxygen atoms in total. The van der Waals surface area contributed by atoms with Crippen molar-refractivity contribution < 1.29 is 10.0 Å². The quantitative estimate of drug-likeness (QED) is 0.459. The summed E-state index contributed by atoms with van der Waals surface area (Å²) in [6.45, 7) is 14.7. The molecule has 2 aromatic carbocycles. The maximum atomic E-state index is 14.0. The molecular weight excluding hydrogens is 475 g/mol. The molecule has 37 heavy (non-hydrogen) atoms. The van der Waals surface area contributed by atoms with E-state index in [1.54, 1.807) is 0 Å². The van der Waals surface area contributed by atoms with Crippen LogP contribution in [0.25, 0.3) is 0 Å². The van der Waals surface area contributed by atoms with Gasteiger partial charge in [0.2, 0.25) is 0 Å². The zero-order chi connectivity index (χ0) is 27.0. The molecule has 0 bridgehead atoms. The molecule has 1 atom stereocenters. The van der Waals surface area contributed by atoms with Gasteiger partial charge < -0.3 is 0 Å². The van der Waals surface area contributed by atoms with Crippen molar-refractivity contribution >= 4 is 23.8 Å². The summed E-state index contributed by atoms with van der Waals surface area (Å²) in [5.74, 6) is 0.608. The third-order valence-electron chi connectivity index (χ3n) is 8.32. The van der Waals surface area contributed by atoms with Gasteiger partial charge in [0.15, 0.2) is 0 Å². The number of carbonyl (C=O) groups excluding carboxylic acids is 1. The Kier molecular flexibility index (Phi) is 7.87. The van der Waals surface area contributed by atoms with Gasteiger partial charge in [-0.2, -0.15) is 0 Å². The maximum absolute atomic E-state index is 14.0. The van der Waals surface area contributed by atoms with Crippen LogP contribution < -0.4 is 15.9 Å². The first kappa shape index (κ1) is 27.8. The van der Waals surface area contributed by atoms with Crippen LogP contribution in [0.15, 0.2) is 72.1 Å². The number of hydrogen-bond donors (Lipinski definition) is 2. The van der Waals surface area contributed by atoms with Crippen LogP contribution in [0.2, 0.25) is 0 Å². The number of carbonyl (C=O) groups is 1. The first-order chi connectivity index (χ1) is 17.3. The Morgan fingerprint density at radius 2 is 1.43 bits per heavy atom. The zero-order valence-corrected chi connectivity index (χ0v) is 24.6. The third-order valence-corrected chi connectivity index (χ3v) is 13.2. The van der Waals surface area contributed by atoms with Crippen molar-refractivity contribution in [2.45, 2.75) is 84.8 Å². The zero-order valence-electron chi connectivity index (χ0n) is 23.6. The van der Waals surface area contributed by atoms with E-state index in [0.29, 0.717) is 24.9 Å². The Hall–Kier alpha value is -2.26. The van der Waals surface area contributed by atoms with E-state index in [-0.39, 0.29) is 11.9 Å². The third kappa shape index (κ3) is 5.77. The molecular formula is C32H45N2O2P. The van der Waals surface area contributed by atoms with Gasteiger partial charge in [0.05, 0.1) is 0 Å². The molecule has 1 heterocycles. The second-order valence-electron chi connectivity index (χ2n) is 12.7. The Bertz CT molecular complexity index is 1110. The minimum absolute atomic E-state index is 0.0135. The molecule has 0 aromatic heterocycles. The number of hydrogen-bond acceptors (Lipinski definition) is 3. The average Bonchev–Trinajstić information content (AvgIpc) is 2.82. The fourth-order valence-corrected chi connectivity index (χ4v) is 10.9. The van der Waals surface area contributed by atoms with E-state index in [4.69, 9.17) is 0 Å². The molecule has 200 valence electrons. The number of rotatable bonds is 6. The summed E-state index contributed by atoms with van der Waals surface area (Å²) < 4.78 is 0. The number of nitrogens with zero attached hydrogens (tertiary/aromatic N) is 1. The predicted octanol–water partition coefficient (Wildman–Crippen LogP) is 6.01. The number of hydroxylamine groups is 2. The fourth-order valence-electron chi connectivity index (χ4n) is 6.42. The summed E-state index contributed by atoms with van der Waals surface area (Å²) in [6.07, 6.45) is 9.87. The molecule has 2 aromatic rings. The Balaban J connectivity index is 1.76. The monoisotopic (exact) mass is 520 g/mol. The van der Waals surface area contributed by atoms with Crippen LogP contribution in [0.3, 0.4) is 0 Å². The summed E-state index contributed by atoms with van der Waals surface area (Å²) in [5, 5.41) is 19.5. The van der Waals surface area contributed by atoms with Crippen LogP contribution in [0.5, 0.6) is 0 Å². The number of benzene rings is 2. The molecule has 1 aliphatic heterocycles. The SMILES string of the molecule is Cc1ccc([PH](CC(=O)NC2CC(C)(C)N(O)C(C)(C)C2)(C2=CCC(C)C=C2)c2ccc(C)cc2)cc1. The summed E-state index contributed by atoms with van der Waals surface area (Å²) >= 11 is 0. The molecule has 5 heteroatoms. The first-order valence-corrected chi connectivity index (χ1v) is 15.9. The minimum atomic E-state index is -2.65. The van der Waals surface area contributed by atoms with E-state index in [2.05, 4.69) is 92.8 Å².